The zero-order valence-corrected chi connectivity index (χ0v) is 16.6. The van der Waals surface area contributed by atoms with Crippen LogP contribution < -0.4 is 11.1 Å². The minimum atomic E-state index is -0.241. The van der Waals surface area contributed by atoms with E-state index in [4.69, 9.17) is 22.1 Å². The summed E-state index contributed by atoms with van der Waals surface area (Å²) in [5.41, 5.74) is 7.08. The highest BCUT2D eigenvalue weighted by atomic mass is 79.9. The molecule has 0 unspecified atom stereocenters. The Kier molecular flexibility index (Phi) is 7.84. The van der Waals surface area contributed by atoms with Crippen molar-refractivity contribution < 1.29 is 9.53 Å². The van der Waals surface area contributed by atoms with Crippen molar-refractivity contribution in [3.05, 3.63) is 33.3 Å². The average molecular weight is 432 g/mol. The molecule has 8 heteroatoms. The molecule has 6 nitrogen and oxygen atoms in total. The molecule has 0 aromatic heterocycles. The molecule has 0 spiro atoms. The van der Waals surface area contributed by atoms with Gasteiger partial charge in [0, 0.05) is 35.2 Å². The third kappa shape index (κ3) is 6.40. The maximum atomic E-state index is 11.7. The number of likely N-dealkylation sites (tertiary alicyclic amines) is 1. The number of hydrogen-bond acceptors (Lipinski definition) is 3. The molecule has 0 radical (unpaired) electrons. The Morgan fingerprint density at radius 1 is 1.48 bits per heavy atom. The largest absolute Gasteiger partial charge is 0.450 e. The van der Waals surface area contributed by atoms with Gasteiger partial charge in [0.25, 0.3) is 0 Å². The number of nitrogens with one attached hydrogen (secondary N) is 1. The van der Waals surface area contributed by atoms with Gasteiger partial charge in [-0.25, -0.2) is 4.79 Å². The van der Waals surface area contributed by atoms with Crippen LogP contribution >= 0.6 is 27.5 Å². The Labute approximate surface area is 161 Å². The first-order valence-corrected chi connectivity index (χ1v) is 9.58. The molecule has 1 aromatic carbocycles. The molecular weight excluding hydrogens is 408 g/mol. The van der Waals surface area contributed by atoms with Crippen LogP contribution in [0, 0.1) is 0 Å². The molecule has 1 fully saturated rings. The number of carbonyl (C=O) groups excluding carboxylic acids is 1. The average Bonchev–Trinajstić information content (AvgIpc) is 2.59. The SMILES string of the molecule is CCOC(=O)N1CCC(NC(N)=NCCc2cc(Cl)ccc2Br)CC1. The second-order valence-electron chi connectivity index (χ2n) is 5.86. The number of guanidine groups is 1. The second kappa shape index (κ2) is 9.87. The number of nitrogens with two attached hydrogens (primary N) is 1. The molecule has 1 amide bonds. The zero-order valence-electron chi connectivity index (χ0n) is 14.3. The molecule has 1 aliphatic rings. The molecule has 0 saturated carbocycles. The fourth-order valence-corrected chi connectivity index (χ4v) is 3.35. The number of nitrogens with zero attached hydrogens (tertiary/aromatic N) is 2. The number of halogens is 2. The maximum Gasteiger partial charge on any atom is 0.409 e. The summed E-state index contributed by atoms with van der Waals surface area (Å²) in [5, 5.41) is 3.94. The van der Waals surface area contributed by atoms with E-state index in [2.05, 4.69) is 26.2 Å². The van der Waals surface area contributed by atoms with E-state index in [0.29, 0.717) is 37.2 Å². The van der Waals surface area contributed by atoms with E-state index in [1.54, 1.807) is 4.90 Å². The number of piperidine rings is 1. The topological polar surface area (TPSA) is 80.0 Å². The van der Waals surface area contributed by atoms with Crippen LogP contribution in [0.5, 0.6) is 0 Å². The predicted molar refractivity (Wildman–Crippen MR) is 104 cm³/mol. The number of aliphatic imine (C=N–C) groups is 1. The normalized spacial score (nSPS) is 16.0. The molecular formula is C17H24BrClN4O2. The van der Waals surface area contributed by atoms with Crippen molar-refractivity contribution in [3.8, 4) is 0 Å². The van der Waals surface area contributed by atoms with Gasteiger partial charge in [-0.15, -0.1) is 0 Å². The number of hydrogen-bond donors (Lipinski definition) is 2. The number of amides is 1. The van der Waals surface area contributed by atoms with Crippen LogP contribution in [0.1, 0.15) is 25.3 Å². The van der Waals surface area contributed by atoms with Crippen LogP contribution in [-0.4, -0.2) is 49.2 Å². The van der Waals surface area contributed by atoms with Crippen molar-refractivity contribution in [1.82, 2.24) is 10.2 Å². The quantitative estimate of drug-likeness (QED) is 0.554. The van der Waals surface area contributed by atoms with Crippen molar-refractivity contribution >= 4 is 39.6 Å². The summed E-state index contributed by atoms with van der Waals surface area (Å²) in [4.78, 5) is 17.8. The highest BCUT2D eigenvalue weighted by Gasteiger charge is 2.23. The van der Waals surface area contributed by atoms with Crippen LogP contribution in [-0.2, 0) is 11.2 Å². The Morgan fingerprint density at radius 2 is 2.20 bits per heavy atom. The summed E-state index contributed by atoms with van der Waals surface area (Å²) in [6, 6.07) is 5.93. The Balaban J connectivity index is 1.75. The van der Waals surface area contributed by atoms with E-state index >= 15 is 0 Å². The predicted octanol–water partition coefficient (Wildman–Crippen LogP) is 3.17. The van der Waals surface area contributed by atoms with E-state index < -0.39 is 0 Å². The summed E-state index contributed by atoms with van der Waals surface area (Å²) in [7, 11) is 0. The fourth-order valence-electron chi connectivity index (χ4n) is 2.71. The van der Waals surface area contributed by atoms with Gasteiger partial charge in [-0.1, -0.05) is 27.5 Å². The van der Waals surface area contributed by atoms with Gasteiger partial charge in [-0.2, -0.15) is 0 Å². The standard InChI is InChI=1S/C17H24BrClN4O2/c1-2-25-17(24)23-9-6-14(7-10-23)22-16(20)21-8-5-12-11-13(19)3-4-15(12)18/h3-4,11,14H,2,5-10H2,1H3,(H3,20,21,22). The zero-order chi connectivity index (χ0) is 18.2. The van der Waals surface area contributed by atoms with Crippen LogP contribution in [0.25, 0.3) is 0 Å². The van der Waals surface area contributed by atoms with Gasteiger partial charge in [0.2, 0.25) is 0 Å². The van der Waals surface area contributed by atoms with Crippen LogP contribution in [0.2, 0.25) is 5.02 Å². The summed E-state index contributed by atoms with van der Waals surface area (Å²) < 4.78 is 6.03. The summed E-state index contributed by atoms with van der Waals surface area (Å²) in [5.74, 6) is 0.438. The lowest BCUT2D eigenvalue weighted by molar-refractivity contribution is 0.0963. The van der Waals surface area contributed by atoms with Gasteiger partial charge in [-0.05, 0) is 49.9 Å². The smallest absolute Gasteiger partial charge is 0.409 e. The van der Waals surface area contributed by atoms with Gasteiger partial charge in [0.1, 0.15) is 0 Å². The molecule has 138 valence electrons. The molecule has 1 saturated heterocycles. The first-order valence-electron chi connectivity index (χ1n) is 8.41. The van der Waals surface area contributed by atoms with Gasteiger partial charge >= 0.3 is 6.09 Å². The van der Waals surface area contributed by atoms with E-state index in [0.717, 1.165) is 29.3 Å². The van der Waals surface area contributed by atoms with Gasteiger partial charge < -0.3 is 20.7 Å². The number of rotatable bonds is 5. The van der Waals surface area contributed by atoms with Crippen LogP contribution in [0.15, 0.2) is 27.7 Å². The van der Waals surface area contributed by atoms with Gasteiger partial charge in [0.05, 0.1) is 6.61 Å². The number of ether oxygens (including phenoxy) is 1. The second-order valence-corrected chi connectivity index (χ2v) is 7.15. The van der Waals surface area contributed by atoms with Gasteiger partial charge in [0.15, 0.2) is 5.96 Å². The van der Waals surface area contributed by atoms with E-state index in [-0.39, 0.29) is 12.1 Å². The van der Waals surface area contributed by atoms with Crippen LogP contribution in [0.4, 0.5) is 4.79 Å². The molecule has 1 aliphatic heterocycles. The molecule has 0 bridgehead atoms. The molecule has 2 rings (SSSR count). The fraction of sp³-hybridized carbons (Fsp3) is 0.529. The minimum Gasteiger partial charge on any atom is -0.450 e. The van der Waals surface area contributed by atoms with Crippen molar-refractivity contribution in [3.63, 3.8) is 0 Å². The molecule has 25 heavy (non-hydrogen) atoms. The van der Waals surface area contributed by atoms with E-state index in [1.807, 2.05) is 25.1 Å². The minimum absolute atomic E-state index is 0.229. The third-order valence-electron chi connectivity index (χ3n) is 4.04. The Bertz CT molecular complexity index is 619. The molecule has 1 aromatic rings. The number of benzene rings is 1. The van der Waals surface area contributed by atoms with Crippen LogP contribution in [0.3, 0.4) is 0 Å². The summed E-state index contributed by atoms with van der Waals surface area (Å²) in [6.07, 6.45) is 2.17. The first-order chi connectivity index (χ1) is 12.0. The molecule has 1 heterocycles. The van der Waals surface area contributed by atoms with E-state index in [9.17, 15) is 4.79 Å². The lowest BCUT2D eigenvalue weighted by Crippen LogP contribution is -2.48. The number of carbonyl (C=O) groups is 1. The third-order valence-corrected chi connectivity index (χ3v) is 5.05. The molecule has 0 atom stereocenters. The van der Waals surface area contributed by atoms with Crippen molar-refractivity contribution in [1.29, 1.82) is 0 Å². The summed E-state index contributed by atoms with van der Waals surface area (Å²) in [6.45, 7) is 4.13. The van der Waals surface area contributed by atoms with Crippen molar-refractivity contribution in [2.75, 3.05) is 26.2 Å². The van der Waals surface area contributed by atoms with Gasteiger partial charge in [-0.3, -0.25) is 4.99 Å². The highest BCUT2D eigenvalue weighted by molar-refractivity contribution is 9.10. The van der Waals surface area contributed by atoms with Crippen molar-refractivity contribution in [2.24, 2.45) is 10.7 Å². The lowest BCUT2D eigenvalue weighted by Gasteiger charge is -2.31. The molecule has 0 aliphatic carbocycles. The highest BCUT2D eigenvalue weighted by Crippen LogP contribution is 2.21. The maximum absolute atomic E-state index is 11.7. The molecule has 3 N–H and O–H groups in total. The Hall–Kier alpha value is -1.47. The first kappa shape index (κ1) is 19.8. The monoisotopic (exact) mass is 430 g/mol. The summed E-state index contributed by atoms with van der Waals surface area (Å²) >= 11 is 9.52. The van der Waals surface area contributed by atoms with E-state index in [1.165, 1.54) is 0 Å². The van der Waals surface area contributed by atoms with Crippen molar-refractivity contribution in [2.45, 2.75) is 32.2 Å². The lowest BCUT2D eigenvalue weighted by atomic mass is 10.1. The Morgan fingerprint density at radius 3 is 2.88 bits per heavy atom.